The lowest BCUT2D eigenvalue weighted by molar-refractivity contribution is 0.332. The Balaban J connectivity index is 2.11. The van der Waals surface area contributed by atoms with Gasteiger partial charge in [-0.15, -0.1) is 0 Å². The molecule has 2 aliphatic carbocycles. The van der Waals surface area contributed by atoms with Crippen LogP contribution >= 0.6 is 0 Å². The van der Waals surface area contributed by atoms with E-state index in [1.165, 1.54) is 36.0 Å². The summed E-state index contributed by atoms with van der Waals surface area (Å²) in [4.78, 5) is 4.76. The summed E-state index contributed by atoms with van der Waals surface area (Å²) >= 11 is 0. The van der Waals surface area contributed by atoms with Gasteiger partial charge in [-0.1, -0.05) is 25.5 Å². The van der Waals surface area contributed by atoms with Crippen molar-refractivity contribution in [3.05, 3.63) is 39.8 Å². The molecule has 2 aromatic rings. The Morgan fingerprint density at radius 2 is 1.83 bits per heavy atom. The van der Waals surface area contributed by atoms with Gasteiger partial charge in [0.1, 0.15) is 5.52 Å². The molecule has 1 aromatic heterocycles. The number of benzene rings is 1. The molecule has 1 unspecified atom stereocenters. The molecule has 2 aliphatic rings. The van der Waals surface area contributed by atoms with E-state index in [2.05, 4.69) is 40.7 Å². The molecule has 4 rings (SSSR count). The van der Waals surface area contributed by atoms with Crippen molar-refractivity contribution < 1.29 is 4.42 Å². The first-order valence-electron chi connectivity index (χ1n) is 9.46. The summed E-state index contributed by atoms with van der Waals surface area (Å²) in [6.07, 6.45) is 6.34. The van der Waals surface area contributed by atoms with Crippen LogP contribution in [0.4, 0.5) is 0 Å². The van der Waals surface area contributed by atoms with E-state index in [4.69, 9.17) is 9.40 Å². The molecule has 0 bridgehead atoms. The van der Waals surface area contributed by atoms with Crippen molar-refractivity contribution in [2.24, 2.45) is 5.92 Å². The van der Waals surface area contributed by atoms with Gasteiger partial charge in [0.15, 0.2) is 11.5 Å². The lowest BCUT2D eigenvalue weighted by Crippen LogP contribution is -2.28. The third-order valence-electron chi connectivity index (χ3n) is 6.31. The van der Waals surface area contributed by atoms with Crippen LogP contribution in [0.3, 0.4) is 0 Å². The summed E-state index contributed by atoms with van der Waals surface area (Å²) in [5.41, 5.74) is 9.62. The maximum atomic E-state index is 6.11. The van der Waals surface area contributed by atoms with Crippen molar-refractivity contribution in [2.75, 3.05) is 0 Å². The summed E-state index contributed by atoms with van der Waals surface area (Å²) in [7, 11) is 0. The lowest BCUT2D eigenvalue weighted by atomic mass is 9.62. The van der Waals surface area contributed by atoms with Gasteiger partial charge in [-0.2, -0.15) is 0 Å². The molecule has 4 atom stereocenters. The van der Waals surface area contributed by atoms with Gasteiger partial charge in [0.2, 0.25) is 0 Å². The third kappa shape index (κ3) is 2.18. The second-order valence-electron chi connectivity index (χ2n) is 8.43. The molecular formula is C22H29NO. The molecule has 0 spiro atoms. The van der Waals surface area contributed by atoms with Gasteiger partial charge in [0.05, 0.1) is 0 Å². The van der Waals surface area contributed by atoms with E-state index < -0.39 is 0 Å². The number of rotatable bonds is 1. The van der Waals surface area contributed by atoms with Crippen molar-refractivity contribution in [3.63, 3.8) is 0 Å². The number of hydrogen-bond donors (Lipinski definition) is 0. The standard InChI is InChI=1S/C22H29NO/c1-11(2)9-16-10-13(4)17-8-7-12(3)18-20(17)19(16)14(5)21-22(18)24-15(6)23-21/h9,12-13,16-17H,7-8,10H2,1-6H3/t12-,13-,16+,17?/m0/s1. The Bertz CT molecular complexity index is 838. The molecule has 0 amide bonds. The maximum absolute atomic E-state index is 6.11. The monoisotopic (exact) mass is 323 g/mol. The van der Waals surface area contributed by atoms with Gasteiger partial charge >= 0.3 is 0 Å². The zero-order valence-electron chi connectivity index (χ0n) is 15.9. The van der Waals surface area contributed by atoms with Crippen LogP contribution in [-0.2, 0) is 0 Å². The number of aryl methyl sites for hydroxylation is 2. The van der Waals surface area contributed by atoms with Gasteiger partial charge in [-0.25, -0.2) is 4.98 Å². The largest absolute Gasteiger partial charge is 0.441 e. The van der Waals surface area contributed by atoms with Gasteiger partial charge in [-0.3, -0.25) is 0 Å². The van der Waals surface area contributed by atoms with Crippen molar-refractivity contribution in [2.45, 2.75) is 78.6 Å². The van der Waals surface area contributed by atoms with E-state index in [0.29, 0.717) is 17.8 Å². The average molecular weight is 323 g/mol. The zero-order chi connectivity index (χ0) is 17.2. The molecule has 2 nitrogen and oxygen atoms in total. The molecule has 0 aliphatic heterocycles. The molecular weight excluding hydrogens is 294 g/mol. The summed E-state index contributed by atoms with van der Waals surface area (Å²) in [5.74, 6) is 3.34. The van der Waals surface area contributed by atoms with E-state index in [-0.39, 0.29) is 0 Å². The Hall–Kier alpha value is -1.57. The third-order valence-corrected chi connectivity index (χ3v) is 6.31. The lowest BCUT2D eigenvalue weighted by Gasteiger charge is -2.42. The van der Waals surface area contributed by atoms with E-state index in [1.807, 2.05) is 6.92 Å². The first kappa shape index (κ1) is 15.9. The van der Waals surface area contributed by atoms with E-state index in [0.717, 1.165) is 22.9 Å². The predicted octanol–water partition coefficient (Wildman–Crippen LogP) is 6.52. The van der Waals surface area contributed by atoms with Gasteiger partial charge < -0.3 is 4.42 Å². The van der Waals surface area contributed by atoms with Gasteiger partial charge in [0.25, 0.3) is 0 Å². The van der Waals surface area contributed by atoms with Crippen molar-refractivity contribution in [1.82, 2.24) is 4.98 Å². The highest BCUT2D eigenvalue weighted by atomic mass is 16.3. The van der Waals surface area contributed by atoms with Gasteiger partial charge in [-0.05, 0) is 74.5 Å². The zero-order valence-corrected chi connectivity index (χ0v) is 15.9. The van der Waals surface area contributed by atoms with Gasteiger partial charge in [0, 0.05) is 18.4 Å². The minimum absolute atomic E-state index is 0.529. The summed E-state index contributed by atoms with van der Waals surface area (Å²) in [6.45, 7) is 13.5. The minimum atomic E-state index is 0.529. The number of allylic oxidation sites excluding steroid dienone is 2. The molecule has 0 saturated carbocycles. The second kappa shape index (κ2) is 5.47. The summed E-state index contributed by atoms with van der Waals surface area (Å²) < 4.78 is 6.11. The molecule has 0 N–H and O–H groups in total. The number of oxazole rings is 1. The highest BCUT2D eigenvalue weighted by molar-refractivity contribution is 5.85. The average Bonchev–Trinajstić information content (AvgIpc) is 2.88. The van der Waals surface area contributed by atoms with Crippen LogP contribution in [-0.4, -0.2) is 4.98 Å². The predicted molar refractivity (Wildman–Crippen MR) is 99.8 cm³/mol. The Morgan fingerprint density at radius 3 is 2.54 bits per heavy atom. The molecule has 0 fully saturated rings. The van der Waals surface area contributed by atoms with Crippen LogP contribution in [0.25, 0.3) is 11.1 Å². The Labute approximate surface area is 145 Å². The van der Waals surface area contributed by atoms with Crippen molar-refractivity contribution >= 4 is 11.1 Å². The fourth-order valence-corrected chi connectivity index (χ4v) is 5.35. The fourth-order valence-electron chi connectivity index (χ4n) is 5.35. The van der Waals surface area contributed by atoms with Crippen LogP contribution in [0, 0.1) is 19.8 Å². The van der Waals surface area contributed by atoms with Crippen LogP contribution in [0.2, 0.25) is 0 Å². The summed E-state index contributed by atoms with van der Waals surface area (Å²) in [6, 6.07) is 0. The number of hydrogen-bond acceptors (Lipinski definition) is 2. The maximum Gasteiger partial charge on any atom is 0.192 e. The molecule has 24 heavy (non-hydrogen) atoms. The fraction of sp³-hybridized carbons (Fsp3) is 0.591. The smallest absolute Gasteiger partial charge is 0.192 e. The molecule has 128 valence electrons. The Morgan fingerprint density at radius 1 is 1.08 bits per heavy atom. The van der Waals surface area contributed by atoms with Crippen molar-refractivity contribution in [3.8, 4) is 0 Å². The highest BCUT2D eigenvalue weighted by Gasteiger charge is 2.40. The first-order valence-corrected chi connectivity index (χ1v) is 9.46. The Kier molecular flexibility index (Phi) is 3.63. The molecule has 0 saturated heterocycles. The molecule has 1 heterocycles. The molecule has 0 radical (unpaired) electrons. The van der Waals surface area contributed by atoms with E-state index >= 15 is 0 Å². The van der Waals surface area contributed by atoms with Crippen LogP contribution in [0.15, 0.2) is 16.1 Å². The minimum Gasteiger partial charge on any atom is -0.441 e. The number of fused-ring (bicyclic) bond motifs is 2. The van der Waals surface area contributed by atoms with E-state index in [9.17, 15) is 0 Å². The van der Waals surface area contributed by atoms with Crippen molar-refractivity contribution in [1.29, 1.82) is 0 Å². The number of aromatic nitrogens is 1. The first-order chi connectivity index (χ1) is 11.4. The van der Waals surface area contributed by atoms with Crippen LogP contribution < -0.4 is 0 Å². The van der Waals surface area contributed by atoms with Crippen LogP contribution in [0.5, 0.6) is 0 Å². The quantitative estimate of drug-likeness (QED) is 0.559. The van der Waals surface area contributed by atoms with E-state index in [1.54, 1.807) is 11.1 Å². The molecule has 2 heteroatoms. The molecule has 1 aromatic carbocycles. The second-order valence-corrected chi connectivity index (χ2v) is 8.43. The SMILES string of the molecule is CC(C)=C[C@@H]1C[C@H](C)C2CC[C@H](C)c3c2c1c(C)c1nc(C)oc31. The van der Waals surface area contributed by atoms with Crippen LogP contribution in [0.1, 0.15) is 92.9 Å². The number of nitrogens with zero attached hydrogens (tertiary/aromatic N) is 1. The highest BCUT2D eigenvalue weighted by Crippen LogP contribution is 2.55. The topological polar surface area (TPSA) is 26.0 Å². The summed E-state index contributed by atoms with van der Waals surface area (Å²) in [5, 5.41) is 0. The normalized spacial score (nSPS) is 28.8.